The van der Waals surface area contributed by atoms with Crippen molar-refractivity contribution in [2.75, 3.05) is 0 Å². The van der Waals surface area contributed by atoms with Gasteiger partial charge in [0.2, 0.25) is 0 Å². The Morgan fingerprint density at radius 1 is 0.380 bits per heavy atom. The molecule has 7 aromatic carbocycles. The molecule has 5 heteroatoms. The highest BCUT2D eigenvalue weighted by molar-refractivity contribution is 7.27. The Morgan fingerprint density at radius 2 is 0.960 bits per heavy atom. The van der Waals surface area contributed by atoms with Crippen LogP contribution in [0.25, 0.3) is 96.8 Å². The van der Waals surface area contributed by atoms with E-state index in [4.69, 9.17) is 17.7 Å². The monoisotopic (exact) mass is 679 g/mol. The summed E-state index contributed by atoms with van der Waals surface area (Å²) in [5.41, 5.74) is 4.89. The van der Waals surface area contributed by atoms with E-state index in [9.17, 15) is 5.48 Å². The van der Waals surface area contributed by atoms with Gasteiger partial charge in [0.1, 0.15) is 0 Å². The molecule has 0 atom stereocenters. The van der Waals surface area contributed by atoms with Gasteiger partial charge in [0.25, 0.3) is 0 Å². The second-order valence-electron chi connectivity index (χ2n) is 11.9. The van der Waals surface area contributed by atoms with Gasteiger partial charge < -0.3 is 0 Å². The summed E-state index contributed by atoms with van der Waals surface area (Å²) in [6.07, 6.45) is 0. The third-order valence-electron chi connectivity index (χ3n) is 8.88. The lowest BCUT2D eigenvalue weighted by Gasteiger charge is -2.09. The van der Waals surface area contributed by atoms with Crippen molar-refractivity contribution >= 4 is 63.0 Å². The smallest absolute Gasteiger partial charge is 0.164 e. The Morgan fingerprint density at radius 3 is 1.74 bits per heavy atom. The molecule has 50 heavy (non-hydrogen) atoms. The van der Waals surface area contributed by atoms with E-state index in [1.807, 2.05) is 109 Å². The molecule has 10 aromatic rings. The summed E-state index contributed by atoms with van der Waals surface area (Å²) < 4.78 is 58.5. The second-order valence-corrected chi connectivity index (χ2v) is 14.0. The standard InChI is InChI=1S/C45H27N3S2/c1-3-11-28(12-4-1)29-21-23-31(24-22-29)44-46-43(30-13-5-2-6-14-30)47-45(48-44)32-25-26-34-36-17-10-19-38(42(36)50-40(34)27-32)37-18-9-16-35-33-15-7-8-20-39(33)49-41(35)37/h1-27H/i10D,17D,19D,25D,26D,27D. The van der Waals surface area contributed by atoms with E-state index in [-0.39, 0.29) is 53.0 Å². The molecule has 0 spiro atoms. The van der Waals surface area contributed by atoms with E-state index >= 15 is 0 Å². The minimum atomic E-state index is -0.264. The van der Waals surface area contributed by atoms with Crippen LogP contribution in [0.3, 0.4) is 0 Å². The van der Waals surface area contributed by atoms with Gasteiger partial charge in [0.15, 0.2) is 17.5 Å². The predicted molar refractivity (Wildman–Crippen MR) is 213 cm³/mol. The van der Waals surface area contributed by atoms with E-state index in [2.05, 4.69) is 18.2 Å². The minimum Gasteiger partial charge on any atom is -0.208 e. The van der Waals surface area contributed by atoms with E-state index < -0.39 is 0 Å². The summed E-state index contributed by atoms with van der Waals surface area (Å²) >= 11 is 2.82. The van der Waals surface area contributed by atoms with Crippen molar-refractivity contribution in [3.8, 4) is 56.4 Å². The molecule has 3 aromatic heterocycles. The Kier molecular flexibility index (Phi) is 5.54. The van der Waals surface area contributed by atoms with Gasteiger partial charge in [-0.3, -0.25) is 0 Å². The zero-order valence-electron chi connectivity index (χ0n) is 32.3. The summed E-state index contributed by atoms with van der Waals surface area (Å²) in [5, 5.41) is 2.69. The molecule has 3 nitrogen and oxygen atoms in total. The molecule has 0 saturated heterocycles. The first-order chi connectivity index (χ1) is 27.3. The molecular formula is C45H27N3S2. The van der Waals surface area contributed by atoms with Gasteiger partial charge in [0, 0.05) is 68.2 Å². The Hall–Kier alpha value is -6.01. The highest BCUT2D eigenvalue weighted by Gasteiger charge is 2.17. The van der Waals surface area contributed by atoms with Crippen LogP contribution < -0.4 is 0 Å². The number of rotatable bonds is 5. The van der Waals surface area contributed by atoms with Crippen LogP contribution in [0.2, 0.25) is 0 Å². The molecule has 0 bridgehead atoms. The molecular weight excluding hydrogens is 647 g/mol. The summed E-state index contributed by atoms with van der Waals surface area (Å²) in [5.74, 6) is 0.817. The lowest BCUT2D eigenvalue weighted by Crippen LogP contribution is -2.00. The van der Waals surface area contributed by atoms with Crippen molar-refractivity contribution in [1.82, 2.24) is 15.0 Å². The summed E-state index contributed by atoms with van der Waals surface area (Å²) in [6, 6.07) is 40.4. The van der Waals surface area contributed by atoms with Crippen LogP contribution in [0.1, 0.15) is 8.22 Å². The van der Waals surface area contributed by atoms with Crippen LogP contribution in [0.4, 0.5) is 0 Å². The van der Waals surface area contributed by atoms with Crippen molar-refractivity contribution in [2.45, 2.75) is 0 Å². The van der Waals surface area contributed by atoms with Gasteiger partial charge >= 0.3 is 0 Å². The number of hydrogen-bond acceptors (Lipinski definition) is 5. The van der Waals surface area contributed by atoms with E-state index in [1.165, 1.54) is 11.3 Å². The van der Waals surface area contributed by atoms with Gasteiger partial charge in [-0.05, 0) is 23.2 Å². The first-order valence-electron chi connectivity index (χ1n) is 19.1. The van der Waals surface area contributed by atoms with Gasteiger partial charge in [0.05, 0.1) is 8.22 Å². The molecule has 10 rings (SSSR count). The number of hydrogen-bond donors (Lipinski definition) is 0. The zero-order valence-corrected chi connectivity index (χ0v) is 27.9. The van der Waals surface area contributed by atoms with E-state index in [0.717, 1.165) is 48.0 Å². The Balaban J connectivity index is 1.22. The fourth-order valence-corrected chi connectivity index (χ4v) is 8.79. The molecule has 3 heterocycles. The topological polar surface area (TPSA) is 38.7 Å². The molecule has 0 aliphatic carbocycles. The van der Waals surface area contributed by atoms with E-state index in [0.29, 0.717) is 32.0 Å². The summed E-state index contributed by atoms with van der Waals surface area (Å²) in [7, 11) is 0. The maximum absolute atomic E-state index is 9.63. The highest BCUT2D eigenvalue weighted by Crippen LogP contribution is 2.45. The second kappa shape index (κ2) is 11.8. The number of benzene rings is 7. The number of thiophene rings is 2. The van der Waals surface area contributed by atoms with Gasteiger partial charge in [-0.25, -0.2) is 15.0 Å². The quantitative estimate of drug-likeness (QED) is 0.182. The Labute approximate surface area is 305 Å². The largest absolute Gasteiger partial charge is 0.208 e. The summed E-state index contributed by atoms with van der Waals surface area (Å²) in [4.78, 5) is 14.5. The number of nitrogens with zero attached hydrogens (tertiary/aromatic N) is 3. The number of fused-ring (bicyclic) bond motifs is 6. The SMILES string of the molecule is [2H]c1c([2H])c([2H])c2c(sc3c([2H])c(-c4nc(-c5ccccc5)nc(-c5ccc(-c6ccccc6)cc5)n4)c([2H])c([2H])c32)c1-c1cccc2c1sc1ccccc12. The summed E-state index contributed by atoms with van der Waals surface area (Å²) in [6.45, 7) is 0. The molecule has 234 valence electrons. The van der Waals surface area contributed by atoms with Crippen LogP contribution in [-0.2, 0) is 0 Å². The van der Waals surface area contributed by atoms with Crippen LogP contribution in [0.15, 0.2) is 164 Å². The van der Waals surface area contributed by atoms with Gasteiger partial charge in [-0.2, -0.15) is 0 Å². The number of aromatic nitrogens is 3. The van der Waals surface area contributed by atoms with Crippen molar-refractivity contribution in [3.05, 3.63) is 164 Å². The van der Waals surface area contributed by atoms with Gasteiger partial charge in [-0.15, -0.1) is 22.7 Å². The third kappa shape index (κ3) is 4.90. The van der Waals surface area contributed by atoms with E-state index in [1.54, 1.807) is 11.3 Å². The lowest BCUT2D eigenvalue weighted by atomic mass is 10.0. The van der Waals surface area contributed by atoms with Crippen LogP contribution >= 0.6 is 22.7 Å². The van der Waals surface area contributed by atoms with Crippen molar-refractivity contribution in [3.63, 3.8) is 0 Å². The Bertz CT molecular complexity index is 3200. The molecule has 0 aliphatic heterocycles. The lowest BCUT2D eigenvalue weighted by molar-refractivity contribution is 1.07. The third-order valence-corrected chi connectivity index (χ3v) is 11.2. The first-order valence-corrected chi connectivity index (χ1v) is 17.8. The molecule has 0 N–H and O–H groups in total. The zero-order chi connectivity index (χ0) is 38.2. The average molecular weight is 680 g/mol. The van der Waals surface area contributed by atoms with Gasteiger partial charge in [-0.1, -0.05) is 152 Å². The molecule has 0 unspecified atom stereocenters. The van der Waals surface area contributed by atoms with Crippen molar-refractivity contribution < 1.29 is 8.22 Å². The molecule has 0 radical (unpaired) electrons. The molecule has 0 amide bonds. The first kappa shape index (κ1) is 23.4. The molecule has 0 saturated carbocycles. The fourth-order valence-electron chi connectivity index (χ4n) is 6.44. The fraction of sp³-hybridized carbons (Fsp3) is 0. The highest BCUT2D eigenvalue weighted by atomic mass is 32.1. The van der Waals surface area contributed by atoms with Crippen LogP contribution in [0, 0.1) is 0 Å². The maximum atomic E-state index is 9.63. The normalized spacial score (nSPS) is 13.3. The minimum absolute atomic E-state index is 0.0544. The van der Waals surface area contributed by atoms with Crippen LogP contribution in [-0.4, -0.2) is 15.0 Å². The van der Waals surface area contributed by atoms with Crippen LogP contribution in [0.5, 0.6) is 0 Å². The van der Waals surface area contributed by atoms with Crippen molar-refractivity contribution in [2.24, 2.45) is 0 Å². The van der Waals surface area contributed by atoms with Crippen molar-refractivity contribution in [1.29, 1.82) is 0 Å². The molecule has 0 aliphatic rings. The molecule has 0 fully saturated rings. The predicted octanol–water partition coefficient (Wildman–Crippen LogP) is 12.9. The maximum Gasteiger partial charge on any atom is 0.164 e. The average Bonchev–Trinajstić information content (AvgIpc) is 3.83.